The van der Waals surface area contributed by atoms with Crippen molar-refractivity contribution in [1.29, 1.82) is 0 Å². The van der Waals surface area contributed by atoms with Crippen molar-refractivity contribution in [2.75, 3.05) is 12.9 Å². The largest absolute Gasteiger partial charge is 0.405 e. The zero-order valence-corrected chi connectivity index (χ0v) is 32.7. The molecule has 0 saturated carbocycles. The van der Waals surface area contributed by atoms with Crippen molar-refractivity contribution in [3.8, 4) is 0 Å². The fourth-order valence-electron chi connectivity index (χ4n) is 5.59. The van der Waals surface area contributed by atoms with E-state index in [9.17, 15) is 8.42 Å². The highest BCUT2D eigenvalue weighted by Gasteiger charge is 2.51. The minimum atomic E-state index is -3.85. The second-order valence-corrected chi connectivity index (χ2v) is 25.0. The summed E-state index contributed by atoms with van der Waals surface area (Å²) in [6, 6.07) is 30.7. The normalized spacial score (nSPS) is 14.8. The van der Waals surface area contributed by atoms with E-state index in [-0.39, 0.29) is 25.7 Å². The Hall–Kier alpha value is -1.59. The molecule has 0 aliphatic heterocycles. The van der Waals surface area contributed by atoms with Crippen LogP contribution < -0.4 is 10.4 Å². The molecule has 3 rings (SSSR count). The van der Waals surface area contributed by atoms with Gasteiger partial charge in [-0.1, -0.05) is 153 Å². The van der Waals surface area contributed by atoms with Gasteiger partial charge in [0.05, 0.1) is 30.2 Å². The molecule has 0 unspecified atom stereocenters. The Balaban J connectivity index is 2.11. The first kappa shape index (κ1) is 38.9. The summed E-state index contributed by atoms with van der Waals surface area (Å²) in [5, 5.41) is 1.97. The summed E-state index contributed by atoms with van der Waals surface area (Å²) in [6.45, 7) is 20.3. The molecular weight excluding hydrogens is 649 g/mol. The van der Waals surface area contributed by atoms with Crippen molar-refractivity contribution < 1.29 is 21.8 Å². The van der Waals surface area contributed by atoms with E-state index in [0.717, 1.165) is 22.2 Å². The molecule has 3 aromatic carbocycles. The molecule has 3 aromatic rings. The minimum Gasteiger partial charge on any atom is -0.405 e. The predicted molar refractivity (Wildman–Crippen MR) is 201 cm³/mol. The second kappa shape index (κ2) is 16.2. The molecule has 0 aromatic heterocycles. The topological polar surface area (TPSA) is 61.8 Å². The third-order valence-electron chi connectivity index (χ3n) is 7.30. The van der Waals surface area contributed by atoms with Gasteiger partial charge in [0.25, 0.3) is 18.4 Å². The molecule has 5 nitrogen and oxygen atoms in total. The molecule has 9 heteroatoms. The molecular formula is C37H54O5S3Si. The molecule has 2 atom stereocenters. The van der Waals surface area contributed by atoms with Crippen LogP contribution in [0.15, 0.2) is 91.0 Å². The molecule has 0 N–H and O–H groups in total. The summed E-state index contributed by atoms with van der Waals surface area (Å²) in [5.41, 5.74) is 1.02. The Labute approximate surface area is 288 Å². The molecule has 0 fully saturated rings. The van der Waals surface area contributed by atoms with Crippen LogP contribution in [0.5, 0.6) is 0 Å². The lowest BCUT2D eigenvalue weighted by atomic mass is 10.1. The summed E-state index contributed by atoms with van der Waals surface area (Å²) in [6.07, 6.45) is 0.287. The molecule has 0 saturated heterocycles. The number of rotatable bonds is 15. The number of benzene rings is 3. The van der Waals surface area contributed by atoms with Gasteiger partial charge in [-0.05, 0) is 27.4 Å². The number of hydrogen-bond donors (Lipinski definition) is 0. The van der Waals surface area contributed by atoms with E-state index in [4.69, 9.17) is 13.3 Å². The van der Waals surface area contributed by atoms with Crippen molar-refractivity contribution in [3.05, 3.63) is 96.6 Å². The van der Waals surface area contributed by atoms with E-state index < -0.39 is 30.6 Å². The van der Waals surface area contributed by atoms with Gasteiger partial charge in [0.15, 0.2) is 0 Å². The van der Waals surface area contributed by atoms with Crippen LogP contribution in [0, 0.1) is 0 Å². The maximum Gasteiger partial charge on any atom is 0.264 e. The average Bonchev–Trinajstić information content (AvgIpc) is 2.93. The van der Waals surface area contributed by atoms with Gasteiger partial charge in [0, 0.05) is 9.49 Å². The molecule has 46 heavy (non-hydrogen) atoms. The zero-order chi connectivity index (χ0) is 34.2. The van der Waals surface area contributed by atoms with E-state index in [1.807, 2.05) is 90.3 Å². The molecule has 0 radical (unpaired) electrons. The molecule has 0 aliphatic carbocycles. The first-order valence-electron chi connectivity index (χ1n) is 15.9. The lowest BCUT2D eigenvalue weighted by Gasteiger charge is -2.44. The van der Waals surface area contributed by atoms with E-state index in [0.29, 0.717) is 13.0 Å². The van der Waals surface area contributed by atoms with Gasteiger partial charge < -0.3 is 9.16 Å². The molecule has 0 bridgehead atoms. The van der Waals surface area contributed by atoms with Crippen LogP contribution >= 0.6 is 23.5 Å². The van der Waals surface area contributed by atoms with Crippen LogP contribution in [0.4, 0.5) is 0 Å². The summed E-state index contributed by atoms with van der Waals surface area (Å²) < 4.78 is 45.8. The van der Waals surface area contributed by atoms with Crippen LogP contribution in [-0.2, 0) is 30.1 Å². The Morgan fingerprint density at radius 1 is 0.674 bits per heavy atom. The van der Waals surface area contributed by atoms with Crippen LogP contribution in [0.25, 0.3) is 0 Å². The van der Waals surface area contributed by atoms with Crippen LogP contribution in [0.3, 0.4) is 0 Å². The summed E-state index contributed by atoms with van der Waals surface area (Å²) >= 11 is 3.76. The fraction of sp³-hybridized carbons (Fsp3) is 0.514. The van der Waals surface area contributed by atoms with E-state index >= 15 is 0 Å². The summed E-state index contributed by atoms with van der Waals surface area (Å²) in [7, 11) is -6.83. The van der Waals surface area contributed by atoms with Crippen LogP contribution in [0.2, 0.25) is 5.04 Å². The van der Waals surface area contributed by atoms with Crippen molar-refractivity contribution in [2.45, 2.75) is 107 Å². The summed E-state index contributed by atoms with van der Waals surface area (Å²) in [5.74, 6) is 0. The Morgan fingerprint density at radius 3 is 1.50 bits per heavy atom. The number of hydrogen-bond acceptors (Lipinski definition) is 7. The Kier molecular flexibility index (Phi) is 13.7. The first-order chi connectivity index (χ1) is 21.3. The Bertz CT molecular complexity index is 1380. The SMILES string of the molecule is CC(C)(C)SC(C[C@H](OCc1ccccc1)[C@H](CO[Si](c1ccccc1)(c1ccccc1)C(C)(C)C)OS(C)(=O)=O)SC(C)(C)C. The third kappa shape index (κ3) is 12.1. The van der Waals surface area contributed by atoms with E-state index in [2.05, 4.69) is 86.6 Å². The monoisotopic (exact) mass is 702 g/mol. The maximum atomic E-state index is 12.9. The van der Waals surface area contributed by atoms with E-state index in [1.54, 1.807) is 0 Å². The van der Waals surface area contributed by atoms with Gasteiger partial charge >= 0.3 is 0 Å². The van der Waals surface area contributed by atoms with Gasteiger partial charge in [-0.15, -0.1) is 23.5 Å². The first-order valence-corrected chi connectivity index (χ1v) is 21.4. The van der Waals surface area contributed by atoms with Crippen molar-refractivity contribution >= 4 is 52.3 Å². The quantitative estimate of drug-likeness (QED) is 0.0898. The van der Waals surface area contributed by atoms with Crippen molar-refractivity contribution in [2.24, 2.45) is 0 Å². The lowest BCUT2D eigenvalue weighted by Crippen LogP contribution is -2.67. The van der Waals surface area contributed by atoms with Gasteiger partial charge in [-0.25, -0.2) is 0 Å². The fourth-order valence-corrected chi connectivity index (χ4v) is 14.9. The van der Waals surface area contributed by atoms with Crippen LogP contribution in [0.1, 0.15) is 74.3 Å². The molecule has 254 valence electrons. The second-order valence-electron chi connectivity index (χ2n) is 14.8. The van der Waals surface area contributed by atoms with Gasteiger partial charge in [-0.3, -0.25) is 4.18 Å². The highest BCUT2D eigenvalue weighted by Crippen LogP contribution is 2.44. The minimum absolute atomic E-state index is 0.00843. The molecule has 0 spiro atoms. The third-order valence-corrected chi connectivity index (χ3v) is 15.8. The predicted octanol–water partition coefficient (Wildman–Crippen LogP) is 8.27. The van der Waals surface area contributed by atoms with Gasteiger partial charge in [0.2, 0.25) is 0 Å². The highest BCUT2D eigenvalue weighted by atomic mass is 32.2. The van der Waals surface area contributed by atoms with Crippen molar-refractivity contribution in [3.63, 3.8) is 0 Å². The lowest BCUT2D eigenvalue weighted by molar-refractivity contribution is -0.0502. The Morgan fingerprint density at radius 2 is 1.11 bits per heavy atom. The van der Waals surface area contributed by atoms with E-state index in [1.165, 1.54) is 0 Å². The molecule has 0 amide bonds. The average molecular weight is 703 g/mol. The van der Waals surface area contributed by atoms with Crippen LogP contribution in [-0.4, -0.2) is 55.9 Å². The maximum absolute atomic E-state index is 12.9. The number of ether oxygens (including phenoxy) is 1. The standard InChI is InChI=1S/C37H54O5S3Si/c1-35(2,3)43-34(44-36(4,5)6)26-32(40-27-29-20-14-11-15-21-29)33(42-45(10,38)39)28-41-46(37(7,8)9,30-22-16-12-17-23-30)31-24-18-13-19-25-31/h11-25,32-34H,26-28H2,1-10H3/t32-,33-/m0/s1. The molecule has 0 heterocycles. The molecule has 0 aliphatic rings. The smallest absolute Gasteiger partial charge is 0.264 e. The summed E-state index contributed by atoms with van der Waals surface area (Å²) in [4.78, 5) is 0. The van der Waals surface area contributed by atoms with Gasteiger partial charge in [0.1, 0.15) is 6.10 Å². The number of thioether (sulfide) groups is 2. The van der Waals surface area contributed by atoms with Crippen molar-refractivity contribution in [1.82, 2.24) is 0 Å². The zero-order valence-electron chi connectivity index (χ0n) is 29.3. The highest BCUT2D eigenvalue weighted by molar-refractivity contribution is 8.18. The van der Waals surface area contributed by atoms with Gasteiger partial charge in [-0.2, -0.15) is 8.42 Å².